The Morgan fingerprint density at radius 2 is 1.39 bits per heavy atom. The first kappa shape index (κ1) is 22.3. The van der Waals surface area contributed by atoms with Gasteiger partial charge in [0.1, 0.15) is 11.6 Å². The molecule has 0 heterocycles. The molecule has 0 saturated carbocycles. The van der Waals surface area contributed by atoms with Gasteiger partial charge in [0.05, 0.1) is 16.7 Å². The molecule has 3 aromatic carbocycles. The second-order valence-corrected chi connectivity index (χ2v) is 6.41. The Balaban J connectivity index is 1.94. The monoisotopic (exact) mass is 445 g/mol. The van der Waals surface area contributed by atoms with Gasteiger partial charge in [0.15, 0.2) is 0 Å². The summed E-state index contributed by atoms with van der Waals surface area (Å²) in [5.41, 5.74) is -3.99. The minimum Gasteiger partial charge on any atom is -0.322 e. The molecule has 1 amide bonds. The fourth-order valence-corrected chi connectivity index (χ4v) is 2.81. The van der Waals surface area contributed by atoms with Crippen LogP contribution in [0.3, 0.4) is 0 Å². The van der Waals surface area contributed by atoms with Crippen LogP contribution in [0.15, 0.2) is 60.7 Å². The zero-order valence-electron chi connectivity index (χ0n) is 15.2. The molecule has 0 unspecified atom stereocenters. The number of carbonyl (C=O) groups excluding carboxylic acids is 1. The standard InChI is InChI=1S/C21H11F8NO/c22-13-4-8-18(23)16(10-13)19(31)30-14-5-1-11(2-6-14)15-9-12(20(24,25)26)3-7-17(15)21(27,28)29/h1-10H,(H,30,31). The van der Waals surface area contributed by atoms with Crippen molar-refractivity contribution in [3.8, 4) is 11.1 Å². The number of alkyl halides is 6. The molecule has 0 fully saturated rings. The lowest BCUT2D eigenvalue weighted by Gasteiger charge is -2.16. The summed E-state index contributed by atoms with van der Waals surface area (Å²) in [5.74, 6) is -2.86. The highest BCUT2D eigenvalue weighted by Gasteiger charge is 2.37. The zero-order chi connectivity index (χ0) is 23.0. The number of hydrogen-bond donors (Lipinski definition) is 1. The Morgan fingerprint density at radius 1 is 0.742 bits per heavy atom. The molecule has 3 aromatic rings. The maximum absolute atomic E-state index is 13.7. The highest BCUT2D eigenvalue weighted by Crippen LogP contribution is 2.40. The van der Waals surface area contributed by atoms with Crippen LogP contribution in [-0.2, 0) is 12.4 Å². The van der Waals surface area contributed by atoms with Crippen molar-refractivity contribution < 1.29 is 39.9 Å². The van der Waals surface area contributed by atoms with Crippen LogP contribution in [0.25, 0.3) is 11.1 Å². The van der Waals surface area contributed by atoms with E-state index >= 15 is 0 Å². The molecular weight excluding hydrogens is 434 g/mol. The van der Waals surface area contributed by atoms with Crippen LogP contribution in [0.5, 0.6) is 0 Å². The Kier molecular flexibility index (Phi) is 5.75. The summed E-state index contributed by atoms with van der Waals surface area (Å²) in [4.78, 5) is 12.1. The van der Waals surface area contributed by atoms with Crippen molar-refractivity contribution in [3.63, 3.8) is 0 Å². The van der Waals surface area contributed by atoms with Gasteiger partial charge in [-0.1, -0.05) is 12.1 Å². The molecule has 0 bridgehead atoms. The third-order valence-electron chi connectivity index (χ3n) is 4.28. The molecule has 2 nitrogen and oxygen atoms in total. The van der Waals surface area contributed by atoms with E-state index in [9.17, 15) is 39.9 Å². The molecule has 0 aliphatic rings. The summed E-state index contributed by atoms with van der Waals surface area (Å²) in [6.45, 7) is 0. The summed E-state index contributed by atoms with van der Waals surface area (Å²) in [6, 6.07) is 7.71. The third-order valence-corrected chi connectivity index (χ3v) is 4.28. The van der Waals surface area contributed by atoms with Crippen LogP contribution in [0.1, 0.15) is 21.5 Å². The van der Waals surface area contributed by atoms with Crippen molar-refractivity contribution in [2.24, 2.45) is 0 Å². The Labute approximate surface area is 170 Å². The number of halogens is 8. The number of hydrogen-bond acceptors (Lipinski definition) is 1. The minimum atomic E-state index is -4.90. The summed E-state index contributed by atoms with van der Waals surface area (Å²) in [6.07, 6.45) is -9.75. The summed E-state index contributed by atoms with van der Waals surface area (Å²) >= 11 is 0. The minimum absolute atomic E-state index is 0.0120. The highest BCUT2D eigenvalue weighted by atomic mass is 19.4. The normalized spacial score (nSPS) is 12.0. The molecule has 1 N–H and O–H groups in total. The second kappa shape index (κ2) is 8.01. The molecule has 0 atom stereocenters. The Bertz CT molecular complexity index is 1120. The van der Waals surface area contributed by atoms with E-state index in [0.29, 0.717) is 24.3 Å². The van der Waals surface area contributed by atoms with Crippen molar-refractivity contribution in [1.29, 1.82) is 0 Å². The van der Waals surface area contributed by atoms with Crippen molar-refractivity contribution >= 4 is 11.6 Å². The van der Waals surface area contributed by atoms with Crippen molar-refractivity contribution in [2.45, 2.75) is 12.4 Å². The fourth-order valence-electron chi connectivity index (χ4n) is 2.81. The molecular formula is C21H11F8NO. The molecule has 0 saturated heterocycles. The lowest BCUT2D eigenvalue weighted by molar-refractivity contribution is -0.141. The van der Waals surface area contributed by atoms with Crippen molar-refractivity contribution in [2.75, 3.05) is 5.32 Å². The number of anilines is 1. The van der Waals surface area contributed by atoms with Gasteiger partial charge in [-0.2, -0.15) is 26.3 Å². The van der Waals surface area contributed by atoms with Crippen LogP contribution in [0, 0.1) is 11.6 Å². The van der Waals surface area contributed by atoms with E-state index in [1.807, 2.05) is 0 Å². The predicted molar refractivity (Wildman–Crippen MR) is 96.2 cm³/mol. The molecule has 0 aliphatic carbocycles. The van der Waals surface area contributed by atoms with E-state index in [4.69, 9.17) is 0 Å². The van der Waals surface area contributed by atoms with Crippen molar-refractivity contribution in [3.05, 3.63) is 89.0 Å². The molecule has 3 rings (SSSR count). The van der Waals surface area contributed by atoms with E-state index < -0.39 is 52.1 Å². The molecule has 10 heteroatoms. The van der Waals surface area contributed by atoms with Gasteiger partial charge in [-0.3, -0.25) is 4.79 Å². The first-order chi connectivity index (χ1) is 14.4. The quantitative estimate of drug-likeness (QED) is 0.436. The lowest BCUT2D eigenvalue weighted by Crippen LogP contribution is -2.14. The summed E-state index contributed by atoms with van der Waals surface area (Å²) in [7, 11) is 0. The molecule has 0 aliphatic heterocycles. The molecule has 162 valence electrons. The van der Waals surface area contributed by atoms with Gasteiger partial charge in [-0.15, -0.1) is 0 Å². The number of benzene rings is 3. The number of rotatable bonds is 3. The Hall–Kier alpha value is -3.43. The molecule has 0 radical (unpaired) electrons. The van der Waals surface area contributed by atoms with Gasteiger partial charge in [-0.05, 0) is 59.7 Å². The second-order valence-electron chi connectivity index (χ2n) is 6.41. The smallest absolute Gasteiger partial charge is 0.322 e. The lowest BCUT2D eigenvalue weighted by atomic mass is 9.96. The molecule has 0 spiro atoms. The largest absolute Gasteiger partial charge is 0.417 e. The van der Waals surface area contributed by atoms with Gasteiger partial charge in [0.2, 0.25) is 0 Å². The van der Waals surface area contributed by atoms with Gasteiger partial charge in [-0.25, -0.2) is 8.78 Å². The van der Waals surface area contributed by atoms with E-state index in [1.54, 1.807) is 0 Å². The van der Waals surface area contributed by atoms with Crippen LogP contribution < -0.4 is 5.32 Å². The van der Waals surface area contributed by atoms with Gasteiger partial charge in [0.25, 0.3) is 5.91 Å². The average Bonchev–Trinajstić information content (AvgIpc) is 2.68. The highest BCUT2D eigenvalue weighted by molar-refractivity contribution is 6.04. The maximum atomic E-state index is 13.7. The van der Waals surface area contributed by atoms with Crippen LogP contribution in [0.4, 0.5) is 40.8 Å². The number of carbonyl (C=O) groups is 1. The first-order valence-electron chi connectivity index (χ1n) is 8.51. The molecule has 31 heavy (non-hydrogen) atoms. The van der Waals surface area contributed by atoms with E-state index in [2.05, 4.69) is 5.32 Å². The topological polar surface area (TPSA) is 29.1 Å². The van der Waals surface area contributed by atoms with Gasteiger partial charge >= 0.3 is 12.4 Å². The predicted octanol–water partition coefficient (Wildman–Crippen LogP) is 6.92. The molecule has 0 aromatic heterocycles. The van der Waals surface area contributed by atoms with Crippen LogP contribution >= 0.6 is 0 Å². The van der Waals surface area contributed by atoms with Crippen molar-refractivity contribution in [1.82, 2.24) is 0 Å². The maximum Gasteiger partial charge on any atom is 0.417 e. The SMILES string of the molecule is O=C(Nc1ccc(-c2cc(C(F)(F)F)ccc2C(F)(F)F)cc1)c1cc(F)ccc1F. The summed E-state index contributed by atoms with van der Waals surface area (Å²) in [5, 5.41) is 2.24. The van der Waals surface area contributed by atoms with Gasteiger partial charge in [0, 0.05) is 5.69 Å². The Morgan fingerprint density at radius 3 is 1.97 bits per heavy atom. The fraction of sp³-hybridized carbons (Fsp3) is 0.0952. The number of nitrogens with one attached hydrogen (secondary N) is 1. The van der Waals surface area contributed by atoms with Crippen LogP contribution in [-0.4, -0.2) is 5.91 Å². The van der Waals surface area contributed by atoms with Crippen LogP contribution in [0.2, 0.25) is 0 Å². The summed E-state index contributed by atoms with van der Waals surface area (Å²) < 4.78 is 106. The number of amides is 1. The van der Waals surface area contributed by atoms with E-state index in [1.165, 1.54) is 0 Å². The zero-order valence-corrected chi connectivity index (χ0v) is 15.2. The van der Waals surface area contributed by atoms with Gasteiger partial charge < -0.3 is 5.32 Å². The van der Waals surface area contributed by atoms with E-state index in [0.717, 1.165) is 36.4 Å². The first-order valence-corrected chi connectivity index (χ1v) is 8.51. The average molecular weight is 445 g/mol. The third kappa shape index (κ3) is 5.01. The van der Waals surface area contributed by atoms with E-state index in [-0.39, 0.29) is 11.3 Å².